The van der Waals surface area contributed by atoms with Gasteiger partial charge < -0.3 is 4.57 Å². The number of nitrogens with zero attached hydrogens (tertiary/aromatic N) is 1. The molecule has 27 heavy (non-hydrogen) atoms. The Balaban J connectivity index is 1.76. The van der Waals surface area contributed by atoms with Crippen molar-refractivity contribution in [1.29, 1.82) is 0 Å². The molecule has 1 N–H and O–H groups in total. The van der Waals surface area contributed by atoms with Crippen LogP contribution in [0.3, 0.4) is 0 Å². The van der Waals surface area contributed by atoms with Crippen LogP contribution in [-0.2, 0) is 13.1 Å². The zero-order valence-corrected chi connectivity index (χ0v) is 17.2. The molecule has 1 heterocycles. The van der Waals surface area contributed by atoms with Crippen LogP contribution in [0.2, 0.25) is 5.02 Å². The van der Waals surface area contributed by atoms with Crippen LogP contribution in [0.4, 0.5) is 4.39 Å². The minimum Gasteiger partial charge on any atom is -0.347 e. The van der Waals surface area contributed by atoms with Gasteiger partial charge in [0.1, 0.15) is 5.82 Å². The first kappa shape index (κ1) is 18.9. The zero-order chi connectivity index (χ0) is 19.0. The Morgan fingerprint density at radius 3 is 2.70 bits per heavy atom. The van der Waals surface area contributed by atoms with Crippen LogP contribution >= 0.6 is 23.5 Å². The van der Waals surface area contributed by atoms with E-state index >= 15 is 4.39 Å². The van der Waals surface area contributed by atoms with Crippen LogP contribution in [0.25, 0.3) is 22.0 Å². The molecule has 0 amide bonds. The van der Waals surface area contributed by atoms with Crippen molar-refractivity contribution in [1.82, 2.24) is 9.29 Å². The van der Waals surface area contributed by atoms with Crippen molar-refractivity contribution in [2.45, 2.75) is 45.0 Å². The summed E-state index contributed by atoms with van der Waals surface area (Å²) in [7, 11) is 0. The van der Waals surface area contributed by atoms with Crippen molar-refractivity contribution in [3.63, 3.8) is 0 Å². The van der Waals surface area contributed by atoms with Crippen molar-refractivity contribution in [2.75, 3.05) is 0 Å². The van der Waals surface area contributed by atoms with E-state index in [1.165, 1.54) is 12.8 Å². The van der Waals surface area contributed by atoms with Gasteiger partial charge in [-0.3, -0.25) is 4.72 Å². The average Bonchev–Trinajstić information content (AvgIpc) is 3.39. The van der Waals surface area contributed by atoms with Crippen LogP contribution in [-0.4, -0.2) is 9.82 Å². The molecule has 3 aromatic rings. The quantitative estimate of drug-likeness (QED) is 0.445. The highest BCUT2D eigenvalue weighted by atomic mass is 35.5. The Labute approximate surface area is 169 Å². The third kappa shape index (κ3) is 4.18. The summed E-state index contributed by atoms with van der Waals surface area (Å²) >= 11 is 8.13. The first-order valence-corrected chi connectivity index (χ1v) is 10.7. The van der Waals surface area contributed by atoms with Crippen LogP contribution in [0.1, 0.15) is 32.3 Å². The predicted molar refractivity (Wildman–Crippen MR) is 115 cm³/mol. The highest BCUT2D eigenvalue weighted by Crippen LogP contribution is 2.35. The maximum Gasteiger partial charge on any atom is 0.131 e. The van der Waals surface area contributed by atoms with E-state index in [0.29, 0.717) is 16.5 Å². The molecule has 0 atom stereocenters. The van der Waals surface area contributed by atoms with Crippen molar-refractivity contribution >= 4 is 34.5 Å². The molecule has 0 bridgehead atoms. The summed E-state index contributed by atoms with van der Waals surface area (Å²) in [5.74, 6) is 0.282. The van der Waals surface area contributed by atoms with Crippen LogP contribution in [0, 0.1) is 11.7 Å². The van der Waals surface area contributed by atoms with E-state index in [0.717, 1.165) is 40.4 Å². The largest absolute Gasteiger partial charge is 0.347 e. The Morgan fingerprint density at radius 1 is 1.22 bits per heavy atom. The van der Waals surface area contributed by atoms with Gasteiger partial charge in [0, 0.05) is 51.6 Å². The van der Waals surface area contributed by atoms with E-state index in [9.17, 15) is 0 Å². The maximum absolute atomic E-state index is 15.0. The molecular weight excluding hydrogens is 379 g/mol. The molecule has 0 aliphatic heterocycles. The highest BCUT2D eigenvalue weighted by Gasteiger charge is 2.22. The molecule has 2 nitrogen and oxygen atoms in total. The van der Waals surface area contributed by atoms with Crippen LogP contribution in [0.5, 0.6) is 0 Å². The van der Waals surface area contributed by atoms with Gasteiger partial charge in [0.05, 0.1) is 0 Å². The van der Waals surface area contributed by atoms with Gasteiger partial charge in [0.15, 0.2) is 0 Å². The Hall–Kier alpha value is -1.49. The lowest BCUT2D eigenvalue weighted by Gasteiger charge is -2.11. The van der Waals surface area contributed by atoms with Gasteiger partial charge in [-0.05, 0) is 42.5 Å². The van der Waals surface area contributed by atoms with E-state index in [1.807, 2.05) is 24.3 Å². The minimum absolute atomic E-state index is 0.228. The van der Waals surface area contributed by atoms with Crippen molar-refractivity contribution < 1.29 is 4.39 Å². The summed E-state index contributed by atoms with van der Waals surface area (Å²) in [5, 5.41) is 2.30. The fourth-order valence-corrected chi connectivity index (χ4v) is 4.46. The molecule has 0 radical (unpaired) electrons. The van der Waals surface area contributed by atoms with Crippen molar-refractivity contribution in [2.24, 2.45) is 5.92 Å². The summed E-state index contributed by atoms with van der Waals surface area (Å²) in [5.41, 5.74) is 3.50. The Kier molecular flexibility index (Phi) is 5.49. The van der Waals surface area contributed by atoms with Gasteiger partial charge in [0.2, 0.25) is 0 Å². The molecular formula is C22H24ClFN2S. The molecule has 1 aromatic heterocycles. The summed E-state index contributed by atoms with van der Waals surface area (Å²) in [4.78, 5) is 0. The van der Waals surface area contributed by atoms with Gasteiger partial charge in [-0.25, -0.2) is 4.39 Å². The fraction of sp³-hybridized carbons (Fsp3) is 0.364. The Bertz CT molecular complexity index is 962. The summed E-state index contributed by atoms with van der Waals surface area (Å²) in [6.07, 6.45) is 4.76. The smallest absolute Gasteiger partial charge is 0.131 e. The topological polar surface area (TPSA) is 17.0 Å². The third-order valence-electron chi connectivity index (χ3n) is 4.82. The van der Waals surface area contributed by atoms with E-state index in [4.69, 9.17) is 11.6 Å². The monoisotopic (exact) mass is 402 g/mol. The molecule has 1 fully saturated rings. The molecule has 5 heteroatoms. The molecule has 0 spiro atoms. The SMILES string of the molecule is CC(C)Cn1cc(CNSC2CC2)c2cc(F)c(-c3ccccc3Cl)cc21. The summed E-state index contributed by atoms with van der Waals surface area (Å²) < 4.78 is 20.7. The number of rotatable bonds is 7. The zero-order valence-electron chi connectivity index (χ0n) is 15.6. The molecule has 0 unspecified atom stereocenters. The molecule has 2 aromatic carbocycles. The lowest BCUT2D eigenvalue weighted by atomic mass is 10.0. The molecule has 0 saturated heterocycles. The molecule has 4 rings (SSSR count). The number of fused-ring (bicyclic) bond motifs is 1. The standard InChI is InChI=1S/C22H24ClFN2S/c1-14(2)12-26-13-15(11-25-27-16-7-8-16)18-9-21(24)19(10-22(18)26)17-5-3-4-6-20(17)23/h3-6,9-10,13-14,16,25H,7-8,11-12H2,1-2H3. The second-order valence-electron chi connectivity index (χ2n) is 7.67. The van der Waals surface area contributed by atoms with Gasteiger partial charge in [-0.1, -0.05) is 55.6 Å². The van der Waals surface area contributed by atoms with Crippen molar-refractivity contribution in [3.8, 4) is 11.1 Å². The summed E-state index contributed by atoms with van der Waals surface area (Å²) in [6.45, 7) is 6.05. The second kappa shape index (κ2) is 7.86. The van der Waals surface area contributed by atoms with Gasteiger partial charge >= 0.3 is 0 Å². The van der Waals surface area contributed by atoms with Crippen LogP contribution < -0.4 is 4.72 Å². The highest BCUT2D eigenvalue weighted by molar-refractivity contribution is 7.98. The third-order valence-corrected chi connectivity index (χ3v) is 6.26. The lowest BCUT2D eigenvalue weighted by molar-refractivity contribution is 0.534. The molecule has 1 saturated carbocycles. The van der Waals surface area contributed by atoms with Crippen molar-refractivity contribution in [3.05, 3.63) is 59.0 Å². The van der Waals surface area contributed by atoms with E-state index < -0.39 is 0 Å². The van der Waals surface area contributed by atoms with Gasteiger partial charge in [0.25, 0.3) is 0 Å². The fourth-order valence-electron chi connectivity index (χ4n) is 3.38. The molecule has 1 aliphatic carbocycles. The molecule has 1 aliphatic rings. The normalized spacial score (nSPS) is 14.4. The van der Waals surface area contributed by atoms with Crippen LogP contribution in [0.15, 0.2) is 42.6 Å². The second-order valence-corrected chi connectivity index (χ2v) is 9.27. The lowest BCUT2D eigenvalue weighted by Crippen LogP contribution is -2.05. The average molecular weight is 403 g/mol. The number of hydrogen-bond acceptors (Lipinski definition) is 2. The predicted octanol–water partition coefficient (Wildman–Crippen LogP) is 6.66. The minimum atomic E-state index is -0.228. The maximum atomic E-state index is 15.0. The van der Waals surface area contributed by atoms with E-state index in [1.54, 1.807) is 24.1 Å². The number of benzene rings is 2. The number of aromatic nitrogens is 1. The van der Waals surface area contributed by atoms with Gasteiger partial charge in [-0.2, -0.15) is 0 Å². The van der Waals surface area contributed by atoms with E-state index in [-0.39, 0.29) is 5.82 Å². The first-order chi connectivity index (χ1) is 13.0. The first-order valence-electron chi connectivity index (χ1n) is 9.47. The summed E-state index contributed by atoms with van der Waals surface area (Å²) in [6, 6.07) is 11.1. The van der Waals surface area contributed by atoms with Gasteiger partial charge in [-0.15, -0.1) is 0 Å². The van der Waals surface area contributed by atoms with E-state index in [2.05, 4.69) is 29.3 Å². The number of halogens is 2. The number of nitrogens with one attached hydrogen (secondary N) is 1. The Morgan fingerprint density at radius 2 is 2.00 bits per heavy atom. The molecule has 142 valence electrons. The number of hydrogen-bond donors (Lipinski definition) is 1.